The highest BCUT2D eigenvalue weighted by Gasteiger charge is 2.59. The molecule has 3 fully saturated rings. The van der Waals surface area contributed by atoms with E-state index in [1.54, 1.807) is 4.68 Å². The topological polar surface area (TPSA) is 77.2 Å². The van der Waals surface area contributed by atoms with Crippen molar-refractivity contribution in [3.8, 4) is 5.75 Å². The molecule has 1 N–H and O–H groups in total. The first-order valence-corrected chi connectivity index (χ1v) is 14.2. The Morgan fingerprint density at radius 3 is 2.86 bits per heavy atom. The first-order chi connectivity index (χ1) is 17.8. The molecule has 4 aliphatic carbocycles. The minimum atomic E-state index is -0.162. The smallest absolute Gasteiger partial charge is 0.157 e. The number of hydrogen-bond acceptors (Lipinski definition) is 5. The number of aromatic nitrogens is 3. The number of Topliss-reactive ketones (excluding diaryl/α,β-unsaturated/α-hetero) is 1. The first kappa shape index (κ1) is 24.8. The molecule has 1 heterocycles. The monoisotopic (exact) mass is 503 g/mol. The van der Waals surface area contributed by atoms with Crippen LogP contribution in [0.5, 0.6) is 5.75 Å². The summed E-state index contributed by atoms with van der Waals surface area (Å²) in [6, 6.07) is 7.96. The van der Waals surface area contributed by atoms with Crippen molar-refractivity contribution in [2.24, 2.45) is 34.5 Å². The predicted octanol–water partition coefficient (Wildman–Crippen LogP) is 5.67. The van der Waals surface area contributed by atoms with E-state index < -0.39 is 0 Å². The molecule has 6 nitrogen and oxygen atoms in total. The van der Waals surface area contributed by atoms with Crippen molar-refractivity contribution in [3.63, 3.8) is 0 Å². The van der Waals surface area contributed by atoms with E-state index in [0.29, 0.717) is 30.1 Å². The zero-order chi connectivity index (χ0) is 25.8. The van der Waals surface area contributed by atoms with Crippen LogP contribution in [0, 0.1) is 41.4 Å². The second kappa shape index (κ2) is 9.37. The van der Waals surface area contributed by atoms with E-state index in [9.17, 15) is 9.90 Å². The third-order valence-electron chi connectivity index (χ3n) is 10.7. The lowest BCUT2D eigenvalue weighted by Crippen LogP contribution is -2.51. The molecule has 0 saturated heterocycles. The van der Waals surface area contributed by atoms with Gasteiger partial charge in [-0.05, 0) is 105 Å². The van der Waals surface area contributed by atoms with Crippen LogP contribution in [0.15, 0.2) is 42.1 Å². The SMILES string of the molecule is Cc1cccc(OCc2cn(CC(=O)[C@H]3CC[C@H]4[C@@H]5CC=C6CC(O)CC[C@]6(C)[C@H]5CC[C@]34C)nn2)c1. The van der Waals surface area contributed by atoms with Gasteiger partial charge in [-0.15, -0.1) is 5.10 Å². The standard InChI is InChI=1S/C31H41N3O3/c1-20-5-4-6-24(15-20)37-19-22-17-34(33-32-22)18-29(36)28-10-9-26-25-8-7-21-16-23(35)11-13-30(21,2)27(25)12-14-31(26,28)3/h4-7,15,17,23,25-28,35H,8-14,16,18-19H2,1-3H3/t23?,25-,26-,27-,28+,30-,31-/m0/s1. The maximum atomic E-state index is 13.6. The number of fused-ring (bicyclic) bond motifs is 5. The van der Waals surface area contributed by atoms with Crippen LogP contribution in [0.1, 0.15) is 76.5 Å². The van der Waals surface area contributed by atoms with E-state index in [1.165, 1.54) is 12.0 Å². The summed E-state index contributed by atoms with van der Waals surface area (Å²) >= 11 is 0. The van der Waals surface area contributed by atoms with Gasteiger partial charge in [-0.1, -0.05) is 42.8 Å². The number of aliphatic hydroxyl groups is 1. The van der Waals surface area contributed by atoms with Crippen LogP contribution in [0.2, 0.25) is 0 Å². The molecule has 0 amide bonds. The molecule has 0 radical (unpaired) electrons. The normalized spacial score (nSPS) is 36.8. The van der Waals surface area contributed by atoms with Gasteiger partial charge in [-0.25, -0.2) is 4.68 Å². The van der Waals surface area contributed by atoms with Gasteiger partial charge in [0.15, 0.2) is 5.78 Å². The lowest BCUT2D eigenvalue weighted by Gasteiger charge is -2.57. The molecule has 6 rings (SSSR count). The van der Waals surface area contributed by atoms with Crippen LogP contribution in [0.25, 0.3) is 0 Å². The van der Waals surface area contributed by atoms with Crippen molar-refractivity contribution < 1.29 is 14.6 Å². The van der Waals surface area contributed by atoms with Gasteiger partial charge in [0.25, 0.3) is 0 Å². The lowest BCUT2D eigenvalue weighted by atomic mass is 9.47. The molecular formula is C31H41N3O3. The Hall–Kier alpha value is -2.47. The van der Waals surface area contributed by atoms with Crippen LogP contribution < -0.4 is 4.74 Å². The number of aliphatic hydroxyl groups excluding tert-OH is 1. The Morgan fingerprint density at radius 2 is 2.03 bits per heavy atom. The molecule has 0 spiro atoms. The third kappa shape index (κ3) is 4.35. The van der Waals surface area contributed by atoms with Crippen LogP contribution in [0.3, 0.4) is 0 Å². The maximum Gasteiger partial charge on any atom is 0.157 e. The highest BCUT2D eigenvalue weighted by molar-refractivity contribution is 5.82. The molecule has 2 aromatic rings. The average molecular weight is 504 g/mol. The number of nitrogens with zero attached hydrogens (tertiary/aromatic N) is 3. The van der Waals surface area contributed by atoms with Gasteiger partial charge >= 0.3 is 0 Å². The van der Waals surface area contributed by atoms with E-state index in [0.717, 1.165) is 62.0 Å². The van der Waals surface area contributed by atoms with Crippen molar-refractivity contribution in [1.29, 1.82) is 0 Å². The molecule has 4 aliphatic rings. The molecule has 1 aromatic heterocycles. The van der Waals surface area contributed by atoms with Crippen LogP contribution in [-0.4, -0.2) is 32.0 Å². The number of hydrogen-bond donors (Lipinski definition) is 1. The molecule has 7 atom stereocenters. The minimum absolute atomic E-state index is 0.0752. The Morgan fingerprint density at radius 1 is 1.16 bits per heavy atom. The third-order valence-corrected chi connectivity index (χ3v) is 10.7. The van der Waals surface area contributed by atoms with Gasteiger partial charge < -0.3 is 9.84 Å². The van der Waals surface area contributed by atoms with Crippen molar-refractivity contribution in [2.75, 3.05) is 0 Å². The molecule has 37 heavy (non-hydrogen) atoms. The van der Waals surface area contributed by atoms with Gasteiger partial charge in [-0.3, -0.25) is 4.79 Å². The van der Waals surface area contributed by atoms with E-state index in [1.807, 2.05) is 37.4 Å². The summed E-state index contributed by atoms with van der Waals surface area (Å²) in [6.07, 6.45) is 12.7. The second-order valence-electron chi connectivity index (χ2n) is 12.8. The molecular weight excluding hydrogens is 462 g/mol. The first-order valence-electron chi connectivity index (χ1n) is 14.2. The zero-order valence-electron chi connectivity index (χ0n) is 22.5. The summed E-state index contributed by atoms with van der Waals surface area (Å²) in [7, 11) is 0. The van der Waals surface area contributed by atoms with Gasteiger partial charge in [0, 0.05) is 5.92 Å². The van der Waals surface area contributed by atoms with Crippen molar-refractivity contribution in [1.82, 2.24) is 15.0 Å². The van der Waals surface area contributed by atoms with Gasteiger partial charge in [0.05, 0.1) is 12.3 Å². The average Bonchev–Trinajstić information content (AvgIpc) is 3.46. The van der Waals surface area contributed by atoms with E-state index in [4.69, 9.17) is 4.74 Å². The van der Waals surface area contributed by atoms with Crippen molar-refractivity contribution >= 4 is 5.78 Å². The van der Waals surface area contributed by atoms with E-state index in [-0.39, 0.29) is 29.4 Å². The van der Waals surface area contributed by atoms with Crippen molar-refractivity contribution in [2.45, 2.75) is 91.4 Å². The second-order valence-corrected chi connectivity index (χ2v) is 12.8. The number of benzene rings is 1. The zero-order valence-corrected chi connectivity index (χ0v) is 22.5. The Labute approximate surface area is 220 Å². The summed E-state index contributed by atoms with van der Waals surface area (Å²) in [5.41, 5.74) is 3.71. The summed E-state index contributed by atoms with van der Waals surface area (Å²) in [5, 5.41) is 18.8. The molecule has 198 valence electrons. The number of rotatable bonds is 6. The fourth-order valence-electron chi connectivity index (χ4n) is 8.78. The number of ketones is 1. The minimum Gasteiger partial charge on any atom is -0.487 e. The van der Waals surface area contributed by atoms with Crippen LogP contribution in [0.4, 0.5) is 0 Å². The van der Waals surface area contributed by atoms with Gasteiger partial charge in [0.2, 0.25) is 0 Å². The van der Waals surface area contributed by atoms with Gasteiger partial charge in [-0.2, -0.15) is 0 Å². The quantitative estimate of drug-likeness (QED) is 0.514. The number of aryl methyl sites for hydroxylation is 1. The number of carbonyl (C=O) groups excluding carboxylic acids is 1. The summed E-state index contributed by atoms with van der Waals surface area (Å²) in [5.74, 6) is 3.18. The maximum absolute atomic E-state index is 13.6. The fourth-order valence-corrected chi connectivity index (χ4v) is 8.78. The van der Waals surface area contributed by atoms with Crippen LogP contribution >= 0.6 is 0 Å². The molecule has 1 unspecified atom stereocenters. The lowest BCUT2D eigenvalue weighted by molar-refractivity contribution is -0.130. The van der Waals surface area contributed by atoms with Gasteiger partial charge in [0.1, 0.15) is 24.6 Å². The number of carbonyl (C=O) groups is 1. The molecule has 6 heteroatoms. The molecule has 0 aliphatic heterocycles. The molecule has 0 bridgehead atoms. The summed E-state index contributed by atoms with van der Waals surface area (Å²) in [4.78, 5) is 13.6. The highest BCUT2D eigenvalue weighted by atomic mass is 16.5. The predicted molar refractivity (Wildman–Crippen MR) is 142 cm³/mol. The Balaban J connectivity index is 1.11. The molecule has 1 aromatic carbocycles. The van der Waals surface area contributed by atoms with Crippen LogP contribution in [-0.2, 0) is 17.9 Å². The summed E-state index contributed by atoms with van der Waals surface area (Å²) < 4.78 is 7.56. The number of allylic oxidation sites excluding steroid dienone is 1. The fraction of sp³-hybridized carbons (Fsp3) is 0.645. The molecule has 3 saturated carbocycles. The Bertz CT molecular complexity index is 1200. The van der Waals surface area contributed by atoms with Crippen molar-refractivity contribution in [3.05, 3.63) is 53.4 Å². The largest absolute Gasteiger partial charge is 0.487 e. The summed E-state index contributed by atoms with van der Waals surface area (Å²) in [6.45, 7) is 7.54. The highest BCUT2D eigenvalue weighted by Crippen LogP contribution is 2.66. The van der Waals surface area contributed by atoms with E-state index >= 15 is 0 Å². The number of ether oxygens (including phenoxy) is 1. The Kier molecular flexibility index (Phi) is 6.29. The van der Waals surface area contributed by atoms with E-state index in [2.05, 4.69) is 30.2 Å².